The van der Waals surface area contributed by atoms with E-state index in [0.717, 1.165) is 0 Å². The van der Waals surface area contributed by atoms with Gasteiger partial charge in [-0.1, -0.05) is 0 Å². The molecule has 0 atom stereocenters. The molecule has 116 valence electrons. The molecular weight excluding hydrogens is 266 g/mol. The van der Waals surface area contributed by atoms with E-state index >= 15 is 0 Å². The lowest BCUT2D eigenvalue weighted by molar-refractivity contribution is -0.947. The topological polar surface area (TPSA) is 106 Å². The molecule has 0 aromatic carbocycles. The second kappa shape index (κ2) is 5.82. The maximum Gasteiger partial charge on any atom is 0.306 e. The summed E-state index contributed by atoms with van der Waals surface area (Å²) in [4.78, 5) is 16.4. The van der Waals surface area contributed by atoms with E-state index < -0.39 is 17.7 Å². The predicted molar refractivity (Wildman–Crippen MR) is 67.6 cm³/mol. The van der Waals surface area contributed by atoms with Gasteiger partial charge >= 0.3 is 5.97 Å². The molecule has 1 fully saturated rings. The van der Waals surface area contributed by atoms with E-state index in [1.54, 1.807) is 7.05 Å². The molecule has 0 heterocycles. The molecule has 0 saturated heterocycles. The number of hydrazine groups is 1. The molecule has 8 nitrogen and oxygen atoms in total. The van der Waals surface area contributed by atoms with Crippen molar-refractivity contribution < 1.29 is 30.0 Å². The van der Waals surface area contributed by atoms with Gasteiger partial charge in [0.2, 0.25) is 5.79 Å². The predicted octanol–water partition coefficient (Wildman–Crippen LogP) is 1.38. The number of hydrogen-bond donors (Lipinski definition) is 3. The summed E-state index contributed by atoms with van der Waals surface area (Å²) < 4.78 is 0. The highest BCUT2D eigenvalue weighted by atomic mass is 16.8. The molecule has 20 heavy (non-hydrogen) atoms. The van der Waals surface area contributed by atoms with Crippen LogP contribution in [0.4, 0.5) is 0 Å². The van der Waals surface area contributed by atoms with Crippen molar-refractivity contribution in [3.8, 4) is 0 Å². The molecule has 8 heteroatoms. The summed E-state index contributed by atoms with van der Waals surface area (Å²) in [7, 11) is 1.62. The smallest absolute Gasteiger partial charge is 0.306 e. The van der Waals surface area contributed by atoms with E-state index in [0.29, 0.717) is 17.8 Å². The minimum absolute atomic E-state index is 0.167. The van der Waals surface area contributed by atoms with Crippen LogP contribution in [0.2, 0.25) is 0 Å². The fourth-order valence-corrected chi connectivity index (χ4v) is 1.84. The fourth-order valence-electron chi connectivity index (χ4n) is 1.84. The summed E-state index contributed by atoms with van der Waals surface area (Å²) in [5, 5.41) is 33.6. The highest BCUT2D eigenvalue weighted by molar-refractivity contribution is 5.70. The van der Waals surface area contributed by atoms with Crippen molar-refractivity contribution in [2.24, 2.45) is 11.2 Å². The molecule has 1 aliphatic carbocycles. The van der Waals surface area contributed by atoms with E-state index in [-0.39, 0.29) is 18.4 Å². The molecule has 1 rings (SSSR count). The third-order valence-corrected chi connectivity index (χ3v) is 3.64. The van der Waals surface area contributed by atoms with Gasteiger partial charge in [-0.05, 0) is 33.6 Å². The van der Waals surface area contributed by atoms with Gasteiger partial charge in [0.15, 0.2) is 0 Å². The summed E-state index contributed by atoms with van der Waals surface area (Å²) in [6, 6.07) is 0. The number of nitrogens with zero attached hydrogens (tertiary/aromatic N) is 3. The first-order chi connectivity index (χ1) is 9.05. The first-order valence-corrected chi connectivity index (χ1v) is 6.62. The highest BCUT2D eigenvalue weighted by Crippen LogP contribution is 2.33. The minimum Gasteiger partial charge on any atom is -0.481 e. The van der Waals surface area contributed by atoms with Crippen molar-refractivity contribution in [3.63, 3.8) is 0 Å². The normalized spacial score (nSPS) is 28.1. The highest BCUT2D eigenvalue weighted by Gasteiger charge is 2.40. The Balaban J connectivity index is 2.59. The first kappa shape index (κ1) is 16.5. The number of aliphatic carboxylic acids is 1. The quantitative estimate of drug-likeness (QED) is 0.312. The lowest BCUT2D eigenvalue weighted by atomic mass is 9.85. The van der Waals surface area contributed by atoms with Gasteiger partial charge in [-0.15, -0.1) is 5.01 Å². The average Bonchev–Trinajstić information content (AvgIpc) is 2.34. The van der Waals surface area contributed by atoms with Gasteiger partial charge in [0.05, 0.1) is 18.5 Å². The molecule has 0 unspecified atom stereocenters. The zero-order valence-electron chi connectivity index (χ0n) is 12.4. The zero-order valence-corrected chi connectivity index (χ0v) is 12.4. The van der Waals surface area contributed by atoms with Crippen molar-refractivity contribution in [2.45, 2.75) is 57.8 Å². The summed E-state index contributed by atoms with van der Waals surface area (Å²) in [5.41, 5.74) is -0.370. The van der Waals surface area contributed by atoms with Gasteiger partial charge < -0.3 is 15.1 Å². The van der Waals surface area contributed by atoms with Gasteiger partial charge in [-0.2, -0.15) is 0 Å². The third kappa shape index (κ3) is 4.22. The van der Waals surface area contributed by atoms with E-state index in [1.807, 2.05) is 20.8 Å². The zero-order chi connectivity index (χ0) is 15.6. The molecule has 0 amide bonds. The molecule has 0 spiro atoms. The molecule has 3 N–H and O–H groups in total. The van der Waals surface area contributed by atoms with E-state index in [9.17, 15) is 15.1 Å². The van der Waals surface area contributed by atoms with Gasteiger partial charge in [0.25, 0.3) is 10.2 Å². The van der Waals surface area contributed by atoms with Crippen LogP contribution in [0.25, 0.3) is 0 Å². The van der Waals surface area contributed by atoms with Gasteiger partial charge in [-0.25, -0.2) is 5.21 Å². The van der Waals surface area contributed by atoms with E-state index in [2.05, 4.69) is 5.28 Å². The number of aliphatic hydroxyl groups is 1. The first-order valence-electron chi connectivity index (χ1n) is 6.62. The maximum absolute atomic E-state index is 10.8. The molecule has 0 bridgehead atoms. The van der Waals surface area contributed by atoms with E-state index in [4.69, 9.17) is 9.94 Å². The Hall–Kier alpha value is -1.57. The second-order valence-corrected chi connectivity index (χ2v) is 6.19. The van der Waals surface area contributed by atoms with Crippen LogP contribution in [0.3, 0.4) is 0 Å². The summed E-state index contributed by atoms with van der Waals surface area (Å²) in [6.45, 7) is 5.62. The molecule has 0 aliphatic heterocycles. The van der Waals surface area contributed by atoms with Crippen LogP contribution in [-0.2, 0) is 9.63 Å². The molecule has 0 aromatic heterocycles. The molecular formula is C12H24N3O5+. The van der Waals surface area contributed by atoms with Crippen LogP contribution in [0.15, 0.2) is 5.28 Å². The Morgan fingerprint density at radius 3 is 2.30 bits per heavy atom. The number of carboxylic acid groups (broad SMARTS) is 1. The monoisotopic (exact) mass is 290 g/mol. The Kier molecular flexibility index (Phi) is 4.80. The Morgan fingerprint density at radius 1 is 1.40 bits per heavy atom. The summed E-state index contributed by atoms with van der Waals surface area (Å²) in [6.07, 6.45) is 0.977. The number of hydrogen-bond acceptors (Lipinski definition) is 4. The number of carbonyl (C=O) groups is 1. The van der Waals surface area contributed by atoms with Crippen molar-refractivity contribution in [2.75, 3.05) is 7.05 Å². The van der Waals surface area contributed by atoms with E-state index in [1.165, 1.54) is 5.01 Å². The summed E-state index contributed by atoms with van der Waals surface area (Å²) >= 11 is 0. The van der Waals surface area contributed by atoms with Gasteiger partial charge in [0.1, 0.15) is 0 Å². The largest absolute Gasteiger partial charge is 0.481 e. The van der Waals surface area contributed by atoms with Crippen LogP contribution < -0.4 is 0 Å². The SMILES string of the molecule is CN(/[N+](O)=N/OC1(O)CCC(C(=O)O)CC1)C(C)(C)C. The molecule has 0 radical (unpaired) electrons. The molecule has 1 aliphatic rings. The van der Waals surface area contributed by atoms with Crippen molar-refractivity contribution in [3.05, 3.63) is 0 Å². The van der Waals surface area contributed by atoms with Crippen molar-refractivity contribution in [1.82, 2.24) is 5.01 Å². The number of carboxylic acids is 1. The van der Waals surface area contributed by atoms with Gasteiger partial charge in [0, 0.05) is 12.8 Å². The lowest BCUT2D eigenvalue weighted by Crippen LogP contribution is -2.44. The van der Waals surface area contributed by atoms with Crippen LogP contribution in [-0.4, -0.2) is 49.7 Å². The van der Waals surface area contributed by atoms with Gasteiger partial charge in [-0.3, -0.25) is 4.79 Å². The maximum atomic E-state index is 10.8. The molecule has 1 saturated carbocycles. The Bertz CT molecular complexity index is 383. The van der Waals surface area contributed by atoms with Crippen LogP contribution in [0.1, 0.15) is 46.5 Å². The summed E-state index contributed by atoms with van der Waals surface area (Å²) in [5.74, 6) is -2.84. The third-order valence-electron chi connectivity index (χ3n) is 3.64. The van der Waals surface area contributed by atoms with Crippen LogP contribution >= 0.6 is 0 Å². The Morgan fingerprint density at radius 2 is 1.90 bits per heavy atom. The standard InChI is InChI=1S/C12H23N3O5/c1-11(2,3)14(4)15(19)13-20-12(18)7-5-9(6-8-12)10(16)17/h9,18H,5-8H2,1-4H3,(H-,13,16,17,19)/p+1. The lowest BCUT2D eigenvalue weighted by Gasteiger charge is -2.30. The van der Waals surface area contributed by atoms with Crippen molar-refractivity contribution >= 4 is 5.97 Å². The van der Waals surface area contributed by atoms with Crippen LogP contribution in [0.5, 0.6) is 0 Å². The number of rotatable bonds is 4. The van der Waals surface area contributed by atoms with Crippen molar-refractivity contribution in [1.29, 1.82) is 0 Å². The fraction of sp³-hybridized carbons (Fsp3) is 0.917. The Labute approximate surface area is 118 Å². The molecule has 0 aromatic rings. The van der Waals surface area contributed by atoms with Crippen LogP contribution in [0, 0.1) is 5.92 Å². The average molecular weight is 290 g/mol. The second-order valence-electron chi connectivity index (χ2n) is 6.19. The minimum atomic E-state index is -1.52.